The summed E-state index contributed by atoms with van der Waals surface area (Å²) in [5, 5.41) is 3.06. The highest BCUT2D eigenvalue weighted by atomic mass is 32.2. The summed E-state index contributed by atoms with van der Waals surface area (Å²) in [7, 11) is -3.21. The molecule has 0 aromatic heterocycles. The minimum Gasteiger partial charge on any atom is -0.350 e. The number of carbonyl (C=O) groups is 1. The third-order valence-electron chi connectivity index (χ3n) is 5.27. The van der Waals surface area contributed by atoms with Crippen molar-refractivity contribution in [3.63, 3.8) is 0 Å². The topological polar surface area (TPSA) is 66.5 Å². The second kappa shape index (κ2) is 7.95. The van der Waals surface area contributed by atoms with Crippen LogP contribution in [0.15, 0.2) is 54.6 Å². The van der Waals surface area contributed by atoms with Crippen LogP contribution in [0.1, 0.15) is 49.5 Å². The van der Waals surface area contributed by atoms with Gasteiger partial charge in [0.2, 0.25) is 10.0 Å². The van der Waals surface area contributed by atoms with Gasteiger partial charge in [-0.2, -0.15) is 0 Å². The molecule has 3 rings (SSSR count). The fourth-order valence-corrected chi connectivity index (χ4v) is 5.40. The molecule has 1 unspecified atom stereocenters. The van der Waals surface area contributed by atoms with Gasteiger partial charge < -0.3 is 5.32 Å². The first kappa shape index (κ1) is 20.4. The SMILES string of the molecule is CC(CC(C)(C)c1ccccc1)NC(=O)c1ccc(N2CCCS2(=O)=O)cc1. The van der Waals surface area contributed by atoms with Gasteiger partial charge in [-0.1, -0.05) is 44.2 Å². The fraction of sp³-hybridized carbons (Fsp3) is 0.409. The van der Waals surface area contributed by atoms with Crippen molar-refractivity contribution >= 4 is 21.6 Å². The second-order valence-corrected chi connectivity index (χ2v) is 10.1. The Morgan fingerprint density at radius 1 is 1.11 bits per heavy atom. The smallest absolute Gasteiger partial charge is 0.251 e. The van der Waals surface area contributed by atoms with Crippen LogP contribution in [0.2, 0.25) is 0 Å². The molecular weight excluding hydrogens is 372 g/mol. The zero-order valence-corrected chi connectivity index (χ0v) is 17.5. The summed E-state index contributed by atoms with van der Waals surface area (Å²) in [4.78, 5) is 12.6. The first-order valence-electron chi connectivity index (χ1n) is 9.66. The van der Waals surface area contributed by atoms with Crippen LogP contribution >= 0.6 is 0 Å². The number of sulfonamides is 1. The lowest BCUT2D eigenvalue weighted by molar-refractivity contribution is 0.0934. The molecule has 1 aliphatic rings. The van der Waals surface area contributed by atoms with E-state index in [1.54, 1.807) is 24.3 Å². The van der Waals surface area contributed by atoms with Crippen LogP contribution in [-0.4, -0.2) is 32.7 Å². The number of amides is 1. The Bertz CT molecular complexity index is 922. The van der Waals surface area contributed by atoms with E-state index < -0.39 is 10.0 Å². The lowest BCUT2D eigenvalue weighted by Crippen LogP contribution is -2.37. The first-order chi connectivity index (χ1) is 13.2. The molecule has 1 N–H and O–H groups in total. The standard InChI is InChI=1S/C22H28N2O3S/c1-17(16-22(2,3)19-8-5-4-6-9-19)23-21(25)18-10-12-20(13-11-18)24-14-7-15-28(24,26)27/h4-6,8-13,17H,7,14-16H2,1-3H3,(H,23,25). The number of benzene rings is 2. The van der Waals surface area contributed by atoms with Crippen LogP contribution in [0.4, 0.5) is 5.69 Å². The van der Waals surface area contributed by atoms with E-state index >= 15 is 0 Å². The van der Waals surface area contributed by atoms with Crippen LogP contribution in [0.5, 0.6) is 0 Å². The molecular formula is C22H28N2O3S. The van der Waals surface area contributed by atoms with Gasteiger partial charge in [-0.05, 0) is 55.0 Å². The van der Waals surface area contributed by atoms with E-state index in [0.29, 0.717) is 24.2 Å². The predicted octanol–water partition coefficient (Wildman–Crippen LogP) is 3.71. The maximum Gasteiger partial charge on any atom is 0.251 e. The van der Waals surface area contributed by atoms with Crippen molar-refractivity contribution in [2.24, 2.45) is 0 Å². The lowest BCUT2D eigenvalue weighted by atomic mass is 9.79. The molecule has 6 heteroatoms. The third-order valence-corrected chi connectivity index (χ3v) is 7.14. The van der Waals surface area contributed by atoms with Crippen LogP contribution in [0.25, 0.3) is 0 Å². The Labute approximate surface area is 167 Å². The average molecular weight is 401 g/mol. The van der Waals surface area contributed by atoms with Gasteiger partial charge in [0.15, 0.2) is 0 Å². The molecule has 0 saturated carbocycles. The monoisotopic (exact) mass is 400 g/mol. The number of hydrogen-bond acceptors (Lipinski definition) is 3. The number of anilines is 1. The van der Waals surface area contributed by atoms with Crippen LogP contribution in [0.3, 0.4) is 0 Å². The van der Waals surface area contributed by atoms with Crippen molar-refractivity contribution in [1.82, 2.24) is 5.32 Å². The number of nitrogens with zero attached hydrogens (tertiary/aromatic N) is 1. The predicted molar refractivity (Wildman–Crippen MR) is 113 cm³/mol. The van der Waals surface area contributed by atoms with Crippen LogP contribution in [-0.2, 0) is 15.4 Å². The van der Waals surface area contributed by atoms with E-state index in [1.807, 2.05) is 25.1 Å². The Hall–Kier alpha value is -2.34. The molecule has 1 saturated heterocycles. The molecule has 5 nitrogen and oxygen atoms in total. The molecule has 0 bridgehead atoms. The van der Waals surface area contributed by atoms with Gasteiger partial charge >= 0.3 is 0 Å². The molecule has 28 heavy (non-hydrogen) atoms. The molecule has 1 aliphatic heterocycles. The van der Waals surface area contributed by atoms with Crippen LogP contribution < -0.4 is 9.62 Å². The summed E-state index contributed by atoms with van der Waals surface area (Å²) in [5.74, 6) is 0.0384. The maximum absolute atomic E-state index is 12.6. The zero-order chi connectivity index (χ0) is 20.4. The second-order valence-electron chi connectivity index (χ2n) is 8.12. The summed E-state index contributed by atoms with van der Waals surface area (Å²) < 4.78 is 25.5. The molecule has 1 heterocycles. The van der Waals surface area contributed by atoms with Gasteiger partial charge in [0.1, 0.15) is 0 Å². The van der Waals surface area contributed by atoms with Gasteiger partial charge in [0.05, 0.1) is 11.4 Å². The lowest BCUT2D eigenvalue weighted by Gasteiger charge is -2.29. The number of rotatable bonds is 6. The number of carbonyl (C=O) groups excluding carboxylic acids is 1. The Morgan fingerprint density at radius 2 is 1.75 bits per heavy atom. The van der Waals surface area contributed by atoms with Gasteiger partial charge in [0, 0.05) is 18.2 Å². The molecule has 1 atom stereocenters. The minimum absolute atomic E-state index is 0.00124. The zero-order valence-electron chi connectivity index (χ0n) is 16.7. The van der Waals surface area contributed by atoms with Crippen molar-refractivity contribution in [2.75, 3.05) is 16.6 Å². The molecule has 1 amide bonds. The molecule has 2 aromatic rings. The minimum atomic E-state index is -3.21. The molecule has 0 aliphatic carbocycles. The molecule has 0 spiro atoms. The largest absolute Gasteiger partial charge is 0.350 e. The quantitative estimate of drug-likeness (QED) is 0.804. The third kappa shape index (κ3) is 4.55. The van der Waals surface area contributed by atoms with Crippen molar-refractivity contribution < 1.29 is 13.2 Å². The van der Waals surface area contributed by atoms with Crippen molar-refractivity contribution in [3.05, 3.63) is 65.7 Å². The van der Waals surface area contributed by atoms with Crippen molar-refractivity contribution in [2.45, 2.75) is 45.1 Å². The highest BCUT2D eigenvalue weighted by Gasteiger charge is 2.28. The van der Waals surface area contributed by atoms with E-state index in [1.165, 1.54) is 9.87 Å². The van der Waals surface area contributed by atoms with E-state index in [4.69, 9.17) is 0 Å². The Morgan fingerprint density at radius 3 is 2.32 bits per heavy atom. The first-order valence-corrected chi connectivity index (χ1v) is 11.3. The Kier molecular flexibility index (Phi) is 5.79. The summed E-state index contributed by atoms with van der Waals surface area (Å²) in [6.45, 7) is 6.86. The van der Waals surface area contributed by atoms with Crippen molar-refractivity contribution in [1.29, 1.82) is 0 Å². The normalized spacial score (nSPS) is 17.3. The molecule has 1 fully saturated rings. The molecule has 150 valence electrons. The van der Waals surface area contributed by atoms with E-state index in [2.05, 4.69) is 31.3 Å². The van der Waals surface area contributed by atoms with Gasteiger partial charge in [0.25, 0.3) is 5.91 Å². The number of nitrogens with one attached hydrogen (secondary N) is 1. The van der Waals surface area contributed by atoms with E-state index in [0.717, 1.165) is 6.42 Å². The fourth-order valence-electron chi connectivity index (χ4n) is 3.84. The Balaban J connectivity index is 1.63. The average Bonchev–Trinajstić information content (AvgIpc) is 3.01. The van der Waals surface area contributed by atoms with Crippen molar-refractivity contribution in [3.8, 4) is 0 Å². The maximum atomic E-state index is 12.6. The van der Waals surface area contributed by atoms with Gasteiger partial charge in [-0.15, -0.1) is 0 Å². The van der Waals surface area contributed by atoms with E-state index in [-0.39, 0.29) is 23.1 Å². The van der Waals surface area contributed by atoms with Crippen LogP contribution in [0, 0.1) is 0 Å². The summed E-state index contributed by atoms with van der Waals surface area (Å²) in [6.07, 6.45) is 1.45. The molecule has 0 radical (unpaired) electrons. The molecule has 2 aromatic carbocycles. The summed E-state index contributed by atoms with van der Waals surface area (Å²) >= 11 is 0. The number of hydrogen-bond donors (Lipinski definition) is 1. The highest BCUT2D eigenvalue weighted by Crippen LogP contribution is 2.28. The van der Waals surface area contributed by atoms with Gasteiger partial charge in [-0.25, -0.2) is 8.42 Å². The van der Waals surface area contributed by atoms with Gasteiger partial charge in [-0.3, -0.25) is 9.10 Å². The summed E-state index contributed by atoms with van der Waals surface area (Å²) in [5.41, 5.74) is 2.34. The van der Waals surface area contributed by atoms with E-state index in [9.17, 15) is 13.2 Å². The summed E-state index contributed by atoms with van der Waals surface area (Å²) in [6, 6.07) is 17.1. The highest BCUT2D eigenvalue weighted by molar-refractivity contribution is 7.93.